The van der Waals surface area contributed by atoms with Gasteiger partial charge in [-0.2, -0.15) is 0 Å². The Morgan fingerprint density at radius 2 is 1.60 bits per heavy atom. The highest BCUT2D eigenvalue weighted by Gasteiger charge is 2.31. The second-order valence-electron chi connectivity index (χ2n) is 3.09. The number of carboxylic acids is 2. The van der Waals surface area contributed by atoms with Crippen molar-refractivity contribution in [2.45, 2.75) is 12.0 Å². The van der Waals surface area contributed by atoms with Gasteiger partial charge in [-0.15, -0.1) is 0 Å². The maximum absolute atomic E-state index is 10.9. The van der Waals surface area contributed by atoms with E-state index in [1.807, 2.05) is 0 Å². The van der Waals surface area contributed by atoms with Crippen LogP contribution in [-0.4, -0.2) is 28.2 Å². The lowest BCUT2D eigenvalue weighted by atomic mass is 9.92. The average Bonchev–Trinajstić information content (AvgIpc) is 2.18. The first-order valence-corrected chi connectivity index (χ1v) is 4.30. The summed E-state index contributed by atoms with van der Waals surface area (Å²) in [4.78, 5) is 21.5. The zero-order valence-electron chi connectivity index (χ0n) is 7.83. The smallest absolute Gasteiger partial charge is 0.321 e. The number of carbonyl (C=O) groups is 2. The summed E-state index contributed by atoms with van der Waals surface area (Å²) >= 11 is 0. The van der Waals surface area contributed by atoms with Crippen LogP contribution < -0.4 is 5.73 Å². The van der Waals surface area contributed by atoms with Gasteiger partial charge < -0.3 is 15.9 Å². The molecule has 0 bridgehead atoms. The first kappa shape index (κ1) is 11.2. The Bertz CT molecular complexity index is 363. The molecule has 0 aliphatic heterocycles. The molecule has 15 heavy (non-hydrogen) atoms. The van der Waals surface area contributed by atoms with Gasteiger partial charge in [-0.3, -0.25) is 9.59 Å². The standard InChI is InChI=1S/C10H11NO4/c11-8(10(14)15)7(9(12)13)6-4-2-1-3-5-6/h1-5,7-8H,11H2,(H,12,13)(H,14,15). The van der Waals surface area contributed by atoms with E-state index in [9.17, 15) is 9.59 Å². The number of hydrogen-bond donors (Lipinski definition) is 3. The van der Waals surface area contributed by atoms with E-state index in [1.165, 1.54) is 0 Å². The van der Waals surface area contributed by atoms with E-state index in [0.29, 0.717) is 5.56 Å². The first-order chi connectivity index (χ1) is 7.04. The lowest BCUT2D eigenvalue weighted by Gasteiger charge is -2.16. The largest absolute Gasteiger partial charge is 0.481 e. The van der Waals surface area contributed by atoms with Gasteiger partial charge in [0.05, 0.1) is 0 Å². The lowest BCUT2D eigenvalue weighted by molar-refractivity contribution is -0.146. The summed E-state index contributed by atoms with van der Waals surface area (Å²) < 4.78 is 0. The van der Waals surface area contributed by atoms with Gasteiger partial charge in [0, 0.05) is 0 Å². The van der Waals surface area contributed by atoms with Gasteiger partial charge in [0.25, 0.3) is 0 Å². The van der Waals surface area contributed by atoms with Crippen molar-refractivity contribution in [2.75, 3.05) is 0 Å². The number of nitrogens with two attached hydrogens (primary N) is 1. The molecule has 0 aliphatic rings. The Labute approximate surface area is 86.1 Å². The predicted octanol–water partition coefficient (Wildman–Crippen LogP) is 0.267. The van der Waals surface area contributed by atoms with E-state index < -0.39 is 23.9 Å². The summed E-state index contributed by atoms with van der Waals surface area (Å²) in [6.07, 6.45) is 0. The maximum atomic E-state index is 10.9. The van der Waals surface area contributed by atoms with Crippen LogP contribution in [0.1, 0.15) is 11.5 Å². The fourth-order valence-corrected chi connectivity index (χ4v) is 1.31. The van der Waals surface area contributed by atoms with Crippen LogP contribution in [0.2, 0.25) is 0 Å². The molecule has 0 heterocycles. The minimum Gasteiger partial charge on any atom is -0.481 e. The zero-order chi connectivity index (χ0) is 11.4. The molecule has 0 radical (unpaired) electrons. The summed E-state index contributed by atoms with van der Waals surface area (Å²) in [5.74, 6) is -3.79. The molecule has 0 fully saturated rings. The third-order valence-corrected chi connectivity index (χ3v) is 2.07. The van der Waals surface area contributed by atoms with Crippen molar-refractivity contribution in [1.82, 2.24) is 0 Å². The van der Waals surface area contributed by atoms with Crippen LogP contribution in [0.4, 0.5) is 0 Å². The summed E-state index contributed by atoms with van der Waals surface area (Å²) in [6, 6.07) is 6.64. The Morgan fingerprint density at radius 1 is 1.07 bits per heavy atom. The topological polar surface area (TPSA) is 101 Å². The quantitative estimate of drug-likeness (QED) is 0.660. The van der Waals surface area contributed by atoms with Crippen molar-refractivity contribution in [3.8, 4) is 0 Å². The van der Waals surface area contributed by atoms with Crippen LogP contribution in [0.3, 0.4) is 0 Å². The van der Waals surface area contributed by atoms with Crippen molar-refractivity contribution in [2.24, 2.45) is 5.73 Å². The molecule has 1 aromatic rings. The van der Waals surface area contributed by atoms with E-state index in [2.05, 4.69) is 0 Å². The highest BCUT2D eigenvalue weighted by atomic mass is 16.4. The normalized spacial score (nSPS) is 14.2. The Morgan fingerprint density at radius 3 is 2.00 bits per heavy atom. The predicted molar refractivity (Wildman–Crippen MR) is 52.4 cm³/mol. The van der Waals surface area contributed by atoms with E-state index in [1.54, 1.807) is 30.3 Å². The average molecular weight is 209 g/mol. The van der Waals surface area contributed by atoms with Crippen LogP contribution in [0.15, 0.2) is 30.3 Å². The van der Waals surface area contributed by atoms with Crippen molar-refractivity contribution in [1.29, 1.82) is 0 Å². The summed E-state index contributed by atoms with van der Waals surface area (Å²) in [6.45, 7) is 0. The monoisotopic (exact) mass is 209 g/mol. The number of aliphatic carboxylic acids is 2. The molecule has 0 saturated carbocycles. The fourth-order valence-electron chi connectivity index (χ4n) is 1.31. The highest BCUT2D eigenvalue weighted by molar-refractivity contribution is 5.86. The molecule has 1 aromatic carbocycles. The van der Waals surface area contributed by atoms with E-state index >= 15 is 0 Å². The molecule has 80 valence electrons. The third-order valence-electron chi connectivity index (χ3n) is 2.07. The molecular weight excluding hydrogens is 198 g/mol. The third kappa shape index (κ3) is 2.54. The minimum atomic E-state index is -1.44. The fraction of sp³-hybridized carbons (Fsp3) is 0.200. The molecule has 2 unspecified atom stereocenters. The van der Waals surface area contributed by atoms with Gasteiger partial charge in [0.1, 0.15) is 12.0 Å². The van der Waals surface area contributed by atoms with Crippen LogP contribution in [-0.2, 0) is 9.59 Å². The number of carboxylic acid groups (broad SMARTS) is 2. The van der Waals surface area contributed by atoms with Crippen molar-refractivity contribution in [3.63, 3.8) is 0 Å². The first-order valence-electron chi connectivity index (χ1n) is 4.30. The second kappa shape index (κ2) is 4.56. The lowest BCUT2D eigenvalue weighted by Crippen LogP contribution is -2.40. The molecule has 4 N–H and O–H groups in total. The molecule has 5 heteroatoms. The van der Waals surface area contributed by atoms with Gasteiger partial charge in [-0.1, -0.05) is 30.3 Å². The zero-order valence-corrected chi connectivity index (χ0v) is 7.83. The highest BCUT2D eigenvalue weighted by Crippen LogP contribution is 2.18. The van der Waals surface area contributed by atoms with Crippen molar-refractivity contribution >= 4 is 11.9 Å². The summed E-state index contributed by atoms with van der Waals surface area (Å²) in [5.41, 5.74) is 5.70. The Kier molecular flexibility index (Phi) is 3.41. The SMILES string of the molecule is NC(C(=O)O)C(C(=O)O)c1ccccc1. The molecule has 2 atom stereocenters. The van der Waals surface area contributed by atoms with Gasteiger partial charge in [-0.05, 0) is 5.56 Å². The number of hydrogen-bond acceptors (Lipinski definition) is 3. The molecule has 0 spiro atoms. The maximum Gasteiger partial charge on any atom is 0.321 e. The Balaban J connectivity index is 3.04. The van der Waals surface area contributed by atoms with Crippen LogP contribution in [0.5, 0.6) is 0 Å². The Hall–Kier alpha value is -1.88. The van der Waals surface area contributed by atoms with Crippen LogP contribution in [0.25, 0.3) is 0 Å². The molecule has 1 rings (SSSR count). The second-order valence-corrected chi connectivity index (χ2v) is 3.09. The van der Waals surface area contributed by atoms with E-state index in [0.717, 1.165) is 0 Å². The van der Waals surface area contributed by atoms with Crippen LogP contribution >= 0.6 is 0 Å². The van der Waals surface area contributed by atoms with Crippen molar-refractivity contribution in [3.05, 3.63) is 35.9 Å². The minimum absolute atomic E-state index is 0.389. The molecule has 5 nitrogen and oxygen atoms in total. The number of rotatable bonds is 4. The van der Waals surface area contributed by atoms with Gasteiger partial charge in [0.15, 0.2) is 0 Å². The van der Waals surface area contributed by atoms with Gasteiger partial charge in [0.2, 0.25) is 0 Å². The van der Waals surface area contributed by atoms with Crippen LogP contribution in [0, 0.1) is 0 Å². The number of benzene rings is 1. The molecule has 0 aliphatic carbocycles. The molecule has 0 saturated heterocycles. The molecule has 0 amide bonds. The van der Waals surface area contributed by atoms with E-state index in [4.69, 9.17) is 15.9 Å². The van der Waals surface area contributed by atoms with E-state index in [-0.39, 0.29) is 0 Å². The van der Waals surface area contributed by atoms with Gasteiger partial charge >= 0.3 is 11.9 Å². The molecule has 0 aromatic heterocycles. The van der Waals surface area contributed by atoms with Gasteiger partial charge in [-0.25, -0.2) is 0 Å². The summed E-state index contributed by atoms with van der Waals surface area (Å²) in [5, 5.41) is 17.6. The summed E-state index contributed by atoms with van der Waals surface area (Å²) in [7, 11) is 0. The van der Waals surface area contributed by atoms with Crippen molar-refractivity contribution < 1.29 is 19.8 Å². The molecular formula is C10H11NO4.